The smallest absolute Gasteiger partial charge is 0.272 e. The highest BCUT2D eigenvalue weighted by Gasteiger charge is 2.23. The minimum absolute atomic E-state index is 0.169. The van der Waals surface area contributed by atoms with E-state index >= 15 is 0 Å². The van der Waals surface area contributed by atoms with E-state index in [1.165, 1.54) is 12.1 Å². The Morgan fingerprint density at radius 1 is 1.27 bits per heavy atom. The van der Waals surface area contributed by atoms with Crippen LogP contribution < -0.4 is 10.1 Å². The summed E-state index contributed by atoms with van der Waals surface area (Å²) in [5, 5.41) is 7.36. The van der Waals surface area contributed by atoms with E-state index in [4.69, 9.17) is 9.47 Å². The number of nitrogens with one attached hydrogen (secondary N) is 1. The average Bonchev–Trinajstić information content (AvgIpc) is 3.25. The zero-order valence-electron chi connectivity index (χ0n) is 16.5. The van der Waals surface area contributed by atoms with Gasteiger partial charge in [-0.15, -0.1) is 0 Å². The second-order valence-electron chi connectivity index (χ2n) is 6.99. The molecule has 2 aromatic heterocycles. The third kappa shape index (κ3) is 4.83. The predicted molar refractivity (Wildman–Crippen MR) is 109 cm³/mol. The van der Waals surface area contributed by atoms with Crippen molar-refractivity contribution in [3.05, 3.63) is 66.5 Å². The van der Waals surface area contributed by atoms with E-state index in [2.05, 4.69) is 15.4 Å². The molecule has 4 rings (SSSR count). The lowest BCUT2D eigenvalue weighted by molar-refractivity contribution is -0.0395. The fraction of sp³-hybridized carbons (Fsp3) is 0.318. The Balaban J connectivity index is 1.44. The number of aromatic nitrogens is 3. The van der Waals surface area contributed by atoms with Crippen molar-refractivity contribution < 1.29 is 18.7 Å². The number of ether oxygens (including phenoxy) is 2. The van der Waals surface area contributed by atoms with Crippen molar-refractivity contribution in [1.29, 1.82) is 0 Å². The molecule has 0 saturated carbocycles. The van der Waals surface area contributed by atoms with Gasteiger partial charge in [0.25, 0.3) is 5.91 Å². The fourth-order valence-electron chi connectivity index (χ4n) is 3.32. The van der Waals surface area contributed by atoms with Crippen LogP contribution in [-0.2, 0) is 4.74 Å². The summed E-state index contributed by atoms with van der Waals surface area (Å²) >= 11 is 0. The summed E-state index contributed by atoms with van der Waals surface area (Å²) in [7, 11) is 0. The zero-order chi connectivity index (χ0) is 20.8. The molecule has 3 aromatic rings. The van der Waals surface area contributed by atoms with E-state index in [1.54, 1.807) is 29.2 Å². The van der Waals surface area contributed by atoms with Gasteiger partial charge < -0.3 is 14.8 Å². The minimum Gasteiger partial charge on any atom is -0.492 e. The molecule has 1 saturated heterocycles. The lowest BCUT2D eigenvalue weighted by Crippen LogP contribution is -2.29. The molecule has 1 fully saturated rings. The monoisotopic (exact) mass is 410 g/mol. The van der Waals surface area contributed by atoms with E-state index in [9.17, 15) is 9.18 Å². The Labute approximate surface area is 173 Å². The summed E-state index contributed by atoms with van der Waals surface area (Å²) < 4.78 is 26.0. The molecule has 1 unspecified atom stereocenters. The van der Waals surface area contributed by atoms with E-state index in [0.717, 1.165) is 24.8 Å². The van der Waals surface area contributed by atoms with Crippen LogP contribution in [0, 0.1) is 5.82 Å². The van der Waals surface area contributed by atoms with Crippen LogP contribution >= 0.6 is 0 Å². The molecule has 1 aliphatic heterocycles. The topological polar surface area (TPSA) is 78.3 Å². The van der Waals surface area contributed by atoms with Crippen LogP contribution in [-0.4, -0.2) is 40.4 Å². The van der Waals surface area contributed by atoms with Gasteiger partial charge in [-0.05, 0) is 49.6 Å². The lowest BCUT2D eigenvalue weighted by atomic mass is 10.1. The summed E-state index contributed by atoms with van der Waals surface area (Å²) in [6.07, 6.45) is 8.03. The number of hydrogen-bond acceptors (Lipinski definition) is 5. The first-order chi connectivity index (χ1) is 14.7. The van der Waals surface area contributed by atoms with Gasteiger partial charge in [-0.3, -0.25) is 9.78 Å². The molecule has 3 heterocycles. The number of benzene rings is 1. The van der Waals surface area contributed by atoms with Crippen LogP contribution in [0.2, 0.25) is 0 Å². The van der Waals surface area contributed by atoms with Gasteiger partial charge in [-0.2, -0.15) is 5.10 Å². The number of pyridine rings is 1. The molecule has 1 amide bonds. The number of carbonyl (C=O) groups is 1. The summed E-state index contributed by atoms with van der Waals surface area (Å²) in [5.74, 6) is -0.0809. The highest BCUT2D eigenvalue weighted by molar-refractivity contribution is 5.98. The van der Waals surface area contributed by atoms with Gasteiger partial charge in [0.15, 0.2) is 5.69 Å². The summed E-state index contributed by atoms with van der Waals surface area (Å²) in [6.45, 7) is 1.23. The van der Waals surface area contributed by atoms with Crippen LogP contribution in [0.25, 0.3) is 11.1 Å². The van der Waals surface area contributed by atoms with Crippen LogP contribution in [0.3, 0.4) is 0 Å². The van der Waals surface area contributed by atoms with Gasteiger partial charge in [-0.25, -0.2) is 9.07 Å². The average molecular weight is 410 g/mol. The molecule has 156 valence electrons. The molecule has 1 atom stereocenters. The molecule has 1 aromatic carbocycles. The maximum atomic E-state index is 12.9. The van der Waals surface area contributed by atoms with Crippen molar-refractivity contribution in [2.45, 2.75) is 25.5 Å². The van der Waals surface area contributed by atoms with Gasteiger partial charge in [-0.1, -0.05) is 6.07 Å². The molecule has 30 heavy (non-hydrogen) atoms. The molecule has 7 nitrogen and oxygen atoms in total. The SMILES string of the molecule is O=C(NCCOc1ccc(F)cc1)c1nn(C2CCCCO2)cc1-c1cccnc1. The first-order valence-electron chi connectivity index (χ1n) is 9.98. The van der Waals surface area contributed by atoms with Crippen molar-refractivity contribution >= 4 is 5.91 Å². The second-order valence-corrected chi connectivity index (χ2v) is 6.99. The van der Waals surface area contributed by atoms with Gasteiger partial charge >= 0.3 is 0 Å². The normalized spacial score (nSPS) is 16.2. The van der Waals surface area contributed by atoms with Gasteiger partial charge in [0, 0.05) is 36.3 Å². The van der Waals surface area contributed by atoms with Crippen molar-refractivity contribution in [2.24, 2.45) is 0 Å². The second kappa shape index (κ2) is 9.49. The number of halogens is 1. The highest BCUT2D eigenvalue weighted by atomic mass is 19.1. The van der Waals surface area contributed by atoms with E-state index < -0.39 is 0 Å². The van der Waals surface area contributed by atoms with Crippen LogP contribution in [0.4, 0.5) is 4.39 Å². The van der Waals surface area contributed by atoms with Gasteiger partial charge in [0.2, 0.25) is 0 Å². The summed E-state index contributed by atoms with van der Waals surface area (Å²) in [5.41, 5.74) is 1.83. The van der Waals surface area contributed by atoms with Crippen molar-refractivity contribution in [1.82, 2.24) is 20.1 Å². The van der Waals surface area contributed by atoms with E-state index in [0.29, 0.717) is 23.6 Å². The van der Waals surface area contributed by atoms with Crippen molar-refractivity contribution in [3.8, 4) is 16.9 Å². The Morgan fingerprint density at radius 3 is 2.87 bits per heavy atom. The number of rotatable bonds is 7. The molecule has 0 spiro atoms. The number of nitrogens with zero attached hydrogens (tertiary/aromatic N) is 3. The maximum absolute atomic E-state index is 12.9. The van der Waals surface area contributed by atoms with Crippen molar-refractivity contribution in [2.75, 3.05) is 19.8 Å². The summed E-state index contributed by atoms with van der Waals surface area (Å²) in [4.78, 5) is 17.0. The Kier molecular flexibility index (Phi) is 6.34. The number of hydrogen-bond donors (Lipinski definition) is 1. The molecule has 0 bridgehead atoms. The molecule has 8 heteroatoms. The maximum Gasteiger partial charge on any atom is 0.272 e. The summed E-state index contributed by atoms with van der Waals surface area (Å²) in [6, 6.07) is 9.46. The molecule has 1 aliphatic rings. The number of amides is 1. The zero-order valence-corrected chi connectivity index (χ0v) is 16.5. The lowest BCUT2D eigenvalue weighted by Gasteiger charge is -2.22. The molecular weight excluding hydrogens is 387 g/mol. The third-order valence-corrected chi connectivity index (χ3v) is 4.84. The Morgan fingerprint density at radius 2 is 2.13 bits per heavy atom. The van der Waals surface area contributed by atoms with Crippen LogP contribution in [0.15, 0.2) is 55.0 Å². The van der Waals surface area contributed by atoms with E-state index in [1.807, 2.05) is 18.3 Å². The highest BCUT2D eigenvalue weighted by Crippen LogP contribution is 2.27. The molecular formula is C22H23FN4O3. The fourth-order valence-corrected chi connectivity index (χ4v) is 3.32. The number of carbonyl (C=O) groups excluding carboxylic acids is 1. The Bertz CT molecular complexity index is 970. The van der Waals surface area contributed by atoms with Crippen LogP contribution in [0.1, 0.15) is 36.0 Å². The van der Waals surface area contributed by atoms with Gasteiger partial charge in [0.05, 0.1) is 6.54 Å². The molecule has 1 N–H and O–H groups in total. The standard InChI is InChI=1S/C22H23FN4O3/c23-17-6-8-18(9-7-17)29-13-11-25-22(28)21-19(16-4-3-10-24-14-16)15-27(26-21)20-5-1-2-12-30-20/h3-4,6-10,14-15,20H,1-2,5,11-13H2,(H,25,28). The largest absolute Gasteiger partial charge is 0.492 e. The first-order valence-corrected chi connectivity index (χ1v) is 9.98. The molecule has 0 aliphatic carbocycles. The van der Waals surface area contributed by atoms with Crippen LogP contribution in [0.5, 0.6) is 5.75 Å². The quantitative estimate of drug-likeness (QED) is 0.602. The first kappa shape index (κ1) is 20.0. The predicted octanol–water partition coefficient (Wildman–Crippen LogP) is 3.59. The third-order valence-electron chi connectivity index (χ3n) is 4.84. The van der Waals surface area contributed by atoms with E-state index in [-0.39, 0.29) is 31.1 Å². The van der Waals surface area contributed by atoms with Crippen molar-refractivity contribution in [3.63, 3.8) is 0 Å². The molecule has 0 radical (unpaired) electrons. The minimum atomic E-state index is -0.323. The Hall–Kier alpha value is -3.26. The van der Waals surface area contributed by atoms with Gasteiger partial charge in [0.1, 0.15) is 24.4 Å².